The molecule has 2 aliphatic heterocycles. The van der Waals surface area contributed by atoms with Gasteiger partial charge in [0, 0.05) is 91.3 Å². The number of carbonyl (C=O) groups excluding carboxylic acids is 4. The molecule has 2 rings (SSSR count). The Morgan fingerprint density at radius 1 is 0.647 bits per heavy atom. The Kier molecular flexibility index (Phi) is 13.2. The van der Waals surface area contributed by atoms with Crippen molar-refractivity contribution in [3.63, 3.8) is 0 Å². The van der Waals surface area contributed by atoms with Crippen LogP contribution in [0.15, 0.2) is 12.7 Å². The summed E-state index contributed by atoms with van der Waals surface area (Å²) in [7, 11) is 0. The SMILES string of the molecule is C=CC(=O)NCNC(=O)CCN1CCN(CCC(=O)NCNC(=O)CCN2CCNCC2)CC1. The molecule has 2 aliphatic rings. The zero-order valence-corrected chi connectivity index (χ0v) is 20.1. The fraction of sp³-hybridized carbons (Fsp3) is 0.727. The van der Waals surface area contributed by atoms with Crippen molar-refractivity contribution in [1.82, 2.24) is 41.3 Å². The van der Waals surface area contributed by atoms with E-state index in [9.17, 15) is 19.2 Å². The molecular formula is C22H40N8O4. The molecule has 0 aromatic heterocycles. The second-order valence-corrected chi connectivity index (χ2v) is 8.42. The minimum atomic E-state index is -0.323. The van der Waals surface area contributed by atoms with Gasteiger partial charge in [0.25, 0.3) is 0 Å². The molecule has 0 bridgehead atoms. The molecule has 0 aromatic carbocycles. The molecule has 34 heavy (non-hydrogen) atoms. The molecule has 0 unspecified atom stereocenters. The molecule has 2 heterocycles. The van der Waals surface area contributed by atoms with Crippen molar-refractivity contribution < 1.29 is 19.2 Å². The van der Waals surface area contributed by atoms with Crippen LogP contribution in [0.5, 0.6) is 0 Å². The molecule has 2 saturated heterocycles. The summed E-state index contributed by atoms with van der Waals surface area (Å²) < 4.78 is 0. The van der Waals surface area contributed by atoms with Crippen LogP contribution in [0.3, 0.4) is 0 Å². The Labute approximate surface area is 201 Å². The number of amides is 4. The summed E-state index contributed by atoms with van der Waals surface area (Å²) in [6, 6.07) is 0. The van der Waals surface area contributed by atoms with E-state index in [1.165, 1.54) is 0 Å². The van der Waals surface area contributed by atoms with Crippen molar-refractivity contribution >= 4 is 23.6 Å². The Morgan fingerprint density at radius 3 is 1.44 bits per heavy atom. The molecule has 12 heteroatoms. The van der Waals surface area contributed by atoms with Gasteiger partial charge in [0.05, 0.1) is 13.3 Å². The molecular weight excluding hydrogens is 440 g/mol. The summed E-state index contributed by atoms with van der Waals surface area (Å²) in [5.74, 6) is -0.564. The van der Waals surface area contributed by atoms with E-state index >= 15 is 0 Å². The van der Waals surface area contributed by atoms with Gasteiger partial charge in [0.15, 0.2) is 0 Å². The summed E-state index contributed by atoms with van der Waals surface area (Å²) in [6.07, 6.45) is 2.35. The third-order valence-corrected chi connectivity index (χ3v) is 5.94. The van der Waals surface area contributed by atoms with E-state index in [0.717, 1.165) is 65.0 Å². The summed E-state index contributed by atoms with van der Waals surface area (Å²) in [6.45, 7) is 12.9. The van der Waals surface area contributed by atoms with E-state index in [1.807, 2.05) is 0 Å². The van der Waals surface area contributed by atoms with Gasteiger partial charge in [-0.2, -0.15) is 0 Å². The first-order valence-corrected chi connectivity index (χ1v) is 12.0. The second-order valence-electron chi connectivity index (χ2n) is 8.42. The van der Waals surface area contributed by atoms with Crippen molar-refractivity contribution in [3.8, 4) is 0 Å². The van der Waals surface area contributed by atoms with Gasteiger partial charge in [0.1, 0.15) is 0 Å². The summed E-state index contributed by atoms with van der Waals surface area (Å²) in [5.41, 5.74) is 0. The lowest BCUT2D eigenvalue weighted by Crippen LogP contribution is -2.48. The number of piperazine rings is 2. The molecule has 12 nitrogen and oxygen atoms in total. The first kappa shape index (κ1) is 27.7. The highest BCUT2D eigenvalue weighted by Gasteiger charge is 2.18. The molecule has 5 N–H and O–H groups in total. The molecule has 0 aliphatic carbocycles. The quantitative estimate of drug-likeness (QED) is 0.133. The maximum absolute atomic E-state index is 12.1. The smallest absolute Gasteiger partial charge is 0.244 e. The van der Waals surface area contributed by atoms with Crippen molar-refractivity contribution in [2.75, 3.05) is 85.3 Å². The number of nitrogens with one attached hydrogen (secondary N) is 5. The van der Waals surface area contributed by atoms with Gasteiger partial charge in [-0.25, -0.2) is 0 Å². The highest BCUT2D eigenvalue weighted by molar-refractivity contribution is 5.87. The predicted octanol–water partition coefficient (Wildman–Crippen LogP) is -2.75. The first-order chi connectivity index (χ1) is 16.5. The number of rotatable bonds is 14. The van der Waals surface area contributed by atoms with E-state index in [0.29, 0.717) is 32.4 Å². The van der Waals surface area contributed by atoms with Gasteiger partial charge < -0.3 is 41.3 Å². The normalized spacial score (nSPS) is 17.5. The van der Waals surface area contributed by atoms with Crippen molar-refractivity contribution in [2.24, 2.45) is 0 Å². The molecule has 4 amide bonds. The maximum Gasteiger partial charge on any atom is 0.244 e. The average Bonchev–Trinajstić information content (AvgIpc) is 2.86. The van der Waals surface area contributed by atoms with Gasteiger partial charge in [-0.15, -0.1) is 0 Å². The van der Waals surface area contributed by atoms with E-state index in [2.05, 4.69) is 47.9 Å². The minimum absolute atomic E-state index is 0.0508. The van der Waals surface area contributed by atoms with Crippen LogP contribution in [0.25, 0.3) is 0 Å². The van der Waals surface area contributed by atoms with Gasteiger partial charge in [-0.05, 0) is 6.08 Å². The topological polar surface area (TPSA) is 138 Å². The third kappa shape index (κ3) is 12.1. The lowest BCUT2D eigenvalue weighted by molar-refractivity contribution is -0.124. The predicted molar refractivity (Wildman–Crippen MR) is 129 cm³/mol. The van der Waals surface area contributed by atoms with E-state index in [-0.39, 0.29) is 37.0 Å². The van der Waals surface area contributed by atoms with Crippen LogP contribution in [0, 0.1) is 0 Å². The molecule has 0 aromatic rings. The van der Waals surface area contributed by atoms with Gasteiger partial charge in [-0.3, -0.25) is 19.2 Å². The van der Waals surface area contributed by atoms with Crippen LogP contribution >= 0.6 is 0 Å². The first-order valence-electron chi connectivity index (χ1n) is 12.0. The Balaban J connectivity index is 1.45. The number of nitrogens with zero attached hydrogens (tertiary/aromatic N) is 3. The standard InChI is InChI=1S/C22H40N8O4/c1-2-19(31)24-17-25-21(33)4-9-29-13-15-30(16-14-29)10-5-22(34)27-18-26-20(32)3-8-28-11-6-23-7-12-28/h2,23H,1,3-18H2,(H,24,31)(H,25,33)(H,26,32)(H,27,34). The van der Waals surface area contributed by atoms with Crippen LogP contribution < -0.4 is 26.6 Å². The Morgan fingerprint density at radius 2 is 1.03 bits per heavy atom. The molecule has 0 atom stereocenters. The van der Waals surface area contributed by atoms with Crippen molar-refractivity contribution in [2.45, 2.75) is 19.3 Å². The summed E-state index contributed by atoms with van der Waals surface area (Å²) in [5, 5.41) is 13.9. The monoisotopic (exact) mass is 480 g/mol. The van der Waals surface area contributed by atoms with Crippen LogP contribution in [-0.4, -0.2) is 124 Å². The lowest BCUT2D eigenvalue weighted by atomic mass is 10.2. The minimum Gasteiger partial charge on any atom is -0.339 e. The third-order valence-electron chi connectivity index (χ3n) is 5.94. The highest BCUT2D eigenvalue weighted by atomic mass is 16.2. The molecule has 2 fully saturated rings. The van der Waals surface area contributed by atoms with E-state index < -0.39 is 0 Å². The lowest BCUT2D eigenvalue weighted by Gasteiger charge is -2.34. The molecule has 0 spiro atoms. The van der Waals surface area contributed by atoms with Crippen LogP contribution in [0.1, 0.15) is 19.3 Å². The number of hydrogen-bond acceptors (Lipinski definition) is 8. The Hall–Kier alpha value is -2.54. The number of hydrogen-bond donors (Lipinski definition) is 5. The molecule has 0 saturated carbocycles. The highest BCUT2D eigenvalue weighted by Crippen LogP contribution is 2.03. The Bertz CT molecular complexity index is 676. The molecule has 0 radical (unpaired) electrons. The zero-order valence-electron chi connectivity index (χ0n) is 20.1. The fourth-order valence-electron chi connectivity index (χ4n) is 3.76. The van der Waals surface area contributed by atoms with Gasteiger partial charge in [0.2, 0.25) is 23.6 Å². The van der Waals surface area contributed by atoms with Crippen molar-refractivity contribution in [1.29, 1.82) is 0 Å². The number of carbonyl (C=O) groups is 4. The van der Waals surface area contributed by atoms with Gasteiger partial charge >= 0.3 is 0 Å². The average molecular weight is 481 g/mol. The van der Waals surface area contributed by atoms with Crippen LogP contribution in [-0.2, 0) is 19.2 Å². The van der Waals surface area contributed by atoms with Crippen LogP contribution in [0.4, 0.5) is 0 Å². The largest absolute Gasteiger partial charge is 0.339 e. The summed E-state index contributed by atoms with van der Waals surface area (Å²) in [4.78, 5) is 53.6. The van der Waals surface area contributed by atoms with E-state index in [1.54, 1.807) is 0 Å². The van der Waals surface area contributed by atoms with Gasteiger partial charge in [-0.1, -0.05) is 6.58 Å². The second kappa shape index (κ2) is 16.1. The van der Waals surface area contributed by atoms with Crippen molar-refractivity contribution in [3.05, 3.63) is 12.7 Å². The zero-order chi connectivity index (χ0) is 24.6. The summed E-state index contributed by atoms with van der Waals surface area (Å²) >= 11 is 0. The van der Waals surface area contributed by atoms with E-state index in [4.69, 9.17) is 0 Å². The molecule has 192 valence electrons. The fourth-order valence-corrected chi connectivity index (χ4v) is 3.76. The van der Waals surface area contributed by atoms with Crippen LogP contribution in [0.2, 0.25) is 0 Å². The maximum atomic E-state index is 12.1.